The van der Waals surface area contributed by atoms with Crippen molar-refractivity contribution in [3.63, 3.8) is 0 Å². The third-order valence-corrected chi connectivity index (χ3v) is 3.35. The van der Waals surface area contributed by atoms with Gasteiger partial charge in [0.15, 0.2) is 0 Å². The van der Waals surface area contributed by atoms with Crippen LogP contribution in [0.15, 0.2) is 40.9 Å². The van der Waals surface area contributed by atoms with Gasteiger partial charge in [0, 0.05) is 17.2 Å². The maximum absolute atomic E-state index is 11.8. The van der Waals surface area contributed by atoms with E-state index in [2.05, 4.69) is 25.7 Å². The van der Waals surface area contributed by atoms with E-state index in [9.17, 15) is 4.79 Å². The lowest BCUT2D eigenvalue weighted by atomic mass is 10.1. The molecule has 7 nitrogen and oxygen atoms in total. The predicted molar refractivity (Wildman–Crippen MR) is 89.0 cm³/mol. The van der Waals surface area contributed by atoms with Crippen LogP contribution < -0.4 is 5.32 Å². The Morgan fingerprint density at radius 3 is 2.71 bits per heavy atom. The normalized spacial score (nSPS) is 10.8. The number of carbonyl (C=O) groups excluding carboxylic acids is 1. The van der Waals surface area contributed by atoms with Crippen LogP contribution in [-0.4, -0.2) is 26.2 Å². The molecule has 3 aromatic rings. The zero-order chi connectivity index (χ0) is 17.1. The number of hydrogen-bond acceptors (Lipinski definition) is 6. The standard InChI is InChI=1S/C17H17N5O2/c1-10(2)16(23)18-13-6-4-5-12(9-13)17-19-15(22-24-17)14-8-7-11(3)20-21-14/h4-10H,1-3H3,(H,18,23). The smallest absolute Gasteiger partial charge is 0.258 e. The summed E-state index contributed by atoms with van der Waals surface area (Å²) < 4.78 is 5.30. The minimum Gasteiger partial charge on any atom is -0.334 e. The Morgan fingerprint density at radius 1 is 1.17 bits per heavy atom. The SMILES string of the molecule is Cc1ccc(-c2noc(-c3cccc(NC(=O)C(C)C)c3)n2)nn1. The molecule has 0 aliphatic rings. The fourth-order valence-corrected chi connectivity index (χ4v) is 1.98. The van der Waals surface area contributed by atoms with Gasteiger partial charge < -0.3 is 9.84 Å². The predicted octanol–water partition coefficient (Wildman–Crippen LogP) is 3.10. The fraction of sp³-hybridized carbons (Fsp3) is 0.235. The highest BCUT2D eigenvalue weighted by molar-refractivity contribution is 5.92. The molecule has 122 valence electrons. The number of anilines is 1. The highest BCUT2D eigenvalue weighted by Crippen LogP contribution is 2.23. The minimum atomic E-state index is -0.0937. The van der Waals surface area contributed by atoms with Crippen LogP contribution >= 0.6 is 0 Å². The molecular weight excluding hydrogens is 306 g/mol. The summed E-state index contributed by atoms with van der Waals surface area (Å²) in [6.45, 7) is 5.54. The molecule has 0 saturated heterocycles. The van der Waals surface area contributed by atoms with E-state index in [4.69, 9.17) is 4.52 Å². The Labute approximate surface area is 139 Å². The Morgan fingerprint density at radius 2 is 2.00 bits per heavy atom. The van der Waals surface area contributed by atoms with Crippen molar-refractivity contribution in [2.24, 2.45) is 5.92 Å². The van der Waals surface area contributed by atoms with Crippen molar-refractivity contribution >= 4 is 11.6 Å². The number of nitrogens with zero attached hydrogens (tertiary/aromatic N) is 4. The first-order valence-corrected chi connectivity index (χ1v) is 7.58. The third kappa shape index (κ3) is 3.45. The summed E-state index contributed by atoms with van der Waals surface area (Å²) in [6, 6.07) is 10.9. The Hall–Kier alpha value is -3.09. The number of aromatic nitrogens is 4. The van der Waals surface area contributed by atoms with Crippen LogP contribution in [0.2, 0.25) is 0 Å². The molecule has 0 atom stereocenters. The quantitative estimate of drug-likeness (QED) is 0.793. The summed E-state index contributed by atoms with van der Waals surface area (Å²) in [7, 11) is 0. The molecule has 0 bridgehead atoms. The summed E-state index contributed by atoms with van der Waals surface area (Å²) in [5.41, 5.74) is 2.76. The first-order chi connectivity index (χ1) is 11.5. The van der Waals surface area contributed by atoms with Crippen molar-refractivity contribution in [2.75, 3.05) is 5.32 Å². The maximum atomic E-state index is 11.8. The molecule has 0 spiro atoms. The van der Waals surface area contributed by atoms with Gasteiger partial charge in [-0.05, 0) is 37.3 Å². The second-order valence-electron chi connectivity index (χ2n) is 5.71. The summed E-state index contributed by atoms with van der Waals surface area (Å²) in [5.74, 6) is 0.583. The second-order valence-corrected chi connectivity index (χ2v) is 5.71. The van der Waals surface area contributed by atoms with Crippen molar-refractivity contribution < 1.29 is 9.32 Å². The fourth-order valence-electron chi connectivity index (χ4n) is 1.98. The molecule has 3 rings (SSSR count). The third-order valence-electron chi connectivity index (χ3n) is 3.35. The molecule has 0 saturated carbocycles. The van der Waals surface area contributed by atoms with Gasteiger partial charge in [0.25, 0.3) is 5.89 Å². The van der Waals surface area contributed by atoms with Crippen LogP contribution in [0.5, 0.6) is 0 Å². The van der Waals surface area contributed by atoms with E-state index in [1.807, 2.05) is 45.0 Å². The number of amides is 1. The van der Waals surface area contributed by atoms with Crippen molar-refractivity contribution in [3.05, 3.63) is 42.1 Å². The van der Waals surface area contributed by atoms with Gasteiger partial charge in [-0.3, -0.25) is 4.79 Å². The van der Waals surface area contributed by atoms with Crippen LogP contribution in [-0.2, 0) is 4.79 Å². The maximum Gasteiger partial charge on any atom is 0.258 e. The first kappa shape index (κ1) is 15.8. The highest BCUT2D eigenvalue weighted by Gasteiger charge is 2.13. The zero-order valence-electron chi connectivity index (χ0n) is 13.6. The summed E-state index contributed by atoms with van der Waals surface area (Å²) in [6.07, 6.45) is 0. The Kier molecular flexibility index (Phi) is 4.33. The van der Waals surface area contributed by atoms with Gasteiger partial charge in [0.2, 0.25) is 11.7 Å². The van der Waals surface area contributed by atoms with Gasteiger partial charge in [-0.2, -0.15) is 10.1 Å². The number of hydrogen-bond donors (Lipinski definition) is 1. The molecule has 0 fully saturated rings. The van der Waals surface area contributed by atoms with E-state index in [1.165, 1.54) is 0 Å². The zero-order valence-corrected chi connectivity index (χ0v) is 13.6. The summed E-state index contributed by atoms with van der Waals surface area (Å²) >= 11 is 0. The molecule has 0 aliphatic carbocycles. The molecule has 0 aliphatic heterocycles. The number of benzene rings is 1. The lowest BCUT2D eigenvalue weighted by Gasteiger charge is -2.07. The van der Waals surface area contributed by atoms with E-state index >= 15 is 0 Å². The van der Waals surface area contributed by atoms with Crippen LogP contribution in [0.3, 0.4) is 0 Å². The van der Waals surface area contributed by atoms with Crippen molar-refractivity contribution in [1.82, 2.24) is 20.3 Å². The molecule has 2 aromatic heterocycles. The van der Waals surface area contributed by atoms with E-state index in [0.29, 0.717) is 23.1 Å². The molecule has 1 amide bonds. The lowest BCUT2D eigenvalue weighted by Crippen LogP contribution is -2.17. The average Bonchev–Trinajstić information content (AvgIpc) is 3.05. The van der Waals surface area contributed by atoms with Crippen molar-refractivity contribution in [2.45, 2.75) is 20.8 Å². The number of aryl methyl sites for hydroxylation is 1. The van der Waals surface area contributed by atoms with Crippen LogP contribution in [0.25, 0.3) is 23.0 Å². The highest BCUT2D eigenvalue weighted by atomic mass is 16.5. The van der Waals surface area contributed by atoms with E-state index in [0.717, 1.165) is 11.3 Å². The summed E-state index contributed by atoms with van der Waals surface area (Å²) in [5, 5.41) is 14.8. The van der Waals surface area contributed by atoms with Gasteiger partial charge >= 0.3 is 0 Å². The molecule has 2 heterocycles. The van der Waals surface area contributed by atoms with Crippen molar-refractivity contribution in [1.29, 1.82) is 0 Å². The van der Waals surface area contributed by atoms with E-state index < -0.39 is 0 Å². The number of nitrogens with one attached hydrogen (secondary N) is 1. The topological polar surface area (TPSA) is 93.8 Å². The van der Waals surface area contributed by atoms with Gasteiger partial charge in [-0.1, -0.05) is 25.1 Å². The first-order valence-electron chi connectivity index (χ1n) is 7.58. The molecule has 1 aromatic carbocycles. The second kappa shape index (κ2) is 6.57. The number of rotatable bonds is 4. The molecule has 7 heteroatoms. The van der Waals surface area contributed by atoms with Crippen LogP contribution in [0.1, 0.15) is 19.5 Å². The molecular formula is C17H17N5O2. The molecule has 1 N–H and O–H groups in total. The Balaban J connectivity index is 1.85. The van der Waals surface area contributed by atoms with Crippen LogP contribution in [0.4, 0.5) is 5.69 Å². The van der Waals surface area contributed by atoms with E-state index in [-0.39, 0.29) is 11.8 Å². The average molecular weight is 323 g/mol. The number of carbonyl (C=O) groups is 1. The minimum absolute atomic E-state index is 0.0479. The van der Waals surface area contributed by atoms with Gasteiger partial charge in [0.05, 0.1) is 5.69 Å². The molecule has 0 unspecified atom stereocenters. The molecule has 24 heavy (non-hydrogen) atoms. The Bertz CT molecular complexity index is 855. The monoisotopic (exact) mass is 323 g/mol. The lowest BCUT2D eigenvalue weighted by molar-refractivity contribution is -0.118. The van der Waals surface area contributed by atoms with Crippen molar-refractivity contribution in [3.8, 4) is 23.0 Å². The largest absolute Gasteiger partial charge is 0.334 e. The van der Waals surface area contributed by atoms with Crippen LogP contribution in [0, 0.1) is 12.8 Å². The molecule has 0 radical (unpaired) electrons. The van der Waals surface area contributed by atoms with Gasteiger partial charge in [0.1, 0.15) is 5.69 Å². The van der Waals surface area contributed by atoms with Gasteiger partial charge in [-0.15, -0.1) is 5.10 Å². The van der Waals surface area contributed by atoms with Gasteiger partial charge in [-0.25, -0.2) is 0 Å². The summed E-state index contributed by atoms with van der Waals surface area (Å²) in [4.78, 5) is 16.1. The van der Waals surface area contributed by atoms with E-state index in [1.54, 1.807) is 12.1 Å².